The molecule has 3 nitrogen and oxygen atoms in total. The quantitative estimate of drug-likeness (QED) is 0.464. The van der Waals surface area contributed by atoms with Gasteiger partial charge in [-0.05, 0) is 24.6 Å². The van der Waals surface area contributed by atoms with Crippen LogP contribution < -0.4 is 5.73 Å². The van der Waals surface area contributed by atoms with Gasteiger partial charge in [0.05, 0.1) is 6.10 Å². The Labute approximate surface area is 93.1 Å². The Morgan fingerprint density at radius 1 is 1.47 bits per heavy atom. The zero-order chi connectivity index (χ0) is 11.6. The van der Waals surface area contributed by atoms with Gasteiger partial charge in [-0.2, -0.15) is 12.6 Å². The molecule has 0 bridgehead atoms. The van der Waals surface area contributed by atoms with E-state index in [4.69, 9.17) is 5.73 Å². The molecule has 1 rings (SSSR count). The first-order valence-electron chi connectivity index (χ1n) is 4.50. The monoisotopic (exact) mass is 231 g/mol. The Bertz CT molecular complexity index is 360. The predicted octanol–water partition coefficient (Wildman–Crippen LogP) is 1.04. The zero-order valence-corrected chi connectivity index (χ0v) is 9.21. The molecule has 5 heteroatoms. The first kappa shape index (κ1) is 12.3. The maximum atomic E-state index is 13.1. The molecule has 0 heterocycles. The maximum absolute atomic E-state index is 13.1. The number of hydrogen-bond acceptors (Lipinski definition) is 4. The van der Waals surface area contributed by atoms with Crippen LogP contribution in [0.15, 0.2) is 12.1 Å². The van der Waals surface area contributed by atoms with Crippen LogP contribution in [0.4, 0.5) is 10.1 Å². The highest BCUT2D eigenvalue weighted by Crippen LogP contribution is 2.27. The van der Waals surface area contributed by atoms with Gasteiger partial charge in [0.15, 0.2) is 0 Å². The molecule has 0 radical (unpaired) electrons. The van der Waals surface area contributed by atoms with Gasteiger partial charge in [-0.1, -0.05) is 0 Å². The second kappa shape index (κ2) is 4.83. The van der Waals surface area contributed by atoms with E-state index in [1.807, 2.05) is 0 Å². The largest absolute Gasteiger partial charge is 0.398 e. The molecular weight excluding hydrogens is 217 g/mol. The van der Waals surface area contributed by atoms with Crippen molar-refractivity contribution in [1.82, 2.24) is 0 Å². The number of hydrogen-bond donors (Lipinski definition) is 4. The molecule has 0 aromatic heterocycles. The summed E-state index contributed by atoms with van der Waals surface area (Å²) in [4.78, 5) is 0. The second-order valence-electron chi connectivity index (χ2n) is 3.42. The summed E-state index contributed by atoms with van der Waals surface area (Å²) in [5, 5.41) is 19.1. The lowest BCUT2D eigenvalue weighted by Gasteiger charge is -2.19. The van der Waals surface area contributed by atoms with E-state index < -0.39 is 18.0 Å². The van der Waals surface area contributed by atoms with Gasteiger partial charge < -0.3 is 15.9 Å². The summed E-state index contributed by atoms with van der Waals surface area (Å²) in [6.45, 7) is 1.64. The van der Waals surface area contributed by atoms with Gasteiger partial charge in [0.2, 0.25) is 0 Å². The van der Waals surface area contributed by atoms with E-state index in [-0.39, 0.29) is 11.3 Å². The van der Waals surface area contributed by atoms with Crippen molar-refractivity contribution in [2.24, 2.45) is 0 Å². The van der Waals surface area contributed by atoms with Crippen molar-refractivity contribution in [2.75, 3.05) is 11.5 Å². The molecule has 0 aliphatic carbocycles. The molecule has 0 amide bonds. The molecule has 0 saturated carbocycles. The van der Waals surface area contributed by atoms with Crippen molar-refractivity contribution < 1.29 is 14.6 Å². The van der Waals surface area contributed by atoms with Crippen LogP contribution in [0.25, 0.3) is 0 Å². The minimum Gasteiger partial charge on any atom is -0.398 e. The first-order valence-corrected chi connectivity index (χ1v) is 5.13. The van der Waals surface area contributed by atoms with E-state index >= 15 is 0 Å². The molecule has 0 saturated heterocycles. The molecule has 84 valence electrons. The lowest BCUT2D eigenvalue weighted by molar-refractivity contribution is 0.0340. The van der Waals surface area contributed by atoms with Gasteiger partial charge in [-0.25, -0.2) is 4.39 Å². The fraction of sp³-hybridized carbons (Fsp3) is 0.400. The highest BCUT2D eigenvalue weighted by Gasteiger charge is 2.20. The van der Waals surface area contributed by atoms with E-state index in [1.165, 1.54) is 6.07 Å². The molecule has 2 atom stereocenters. The Kier molecular flexibility index (Phi) is 3.96. The molecule has 2 unspecified atom stereocenters. The van der Waals surface area contributed by atoms with E-state index in [9.17, 15) is 14.6 Å². The zero-order valence-electron chi connectivity index (χ0n) is 8.31. The van der Waals surface area contributed by atoms with Crippen LogP contribution in [0.3, 0.4) is 0 Å². The Morgan fingerprint density at radius 2 is 2.07 bits per heavy atom. The molecule has 4 N–H and O–H groups in total. The average Bonchev–Trinajstić information content (AvgIpc) is 2.21. The third kappa shape index (κ3) is 2.62. The number of aliphatic hydroxyl groups is 2. The molecular formula is C10H14FNO2S. The van der Waals surface area contributed by atoms with Gasteiger partial charge in [0.1, 0.15) is 11.9 Å². The van der Waals surface area contributed by atoms with Crippen molar-refractivity contribution in [1.29, 1.82) is 0 Å². The molecule has 1 aromatic carbocycles. The number of halogens is 1. The van der Waals surface area contributed by atoms with Crippen LogP contribution in [0, 0.1) is 12.7 Å². The Morgan fingerprint density at radius 3 is 2.60 bits per heavy atom. The van der Waals surface area contributed by atoms with E-state index in [2.05, 4.69) is 12.6 Å². The van der Waals surface area contributed by atoms with Crippen LogP contribution in [-0.2, 0) is 0 Å². The minimum absolute atomic E-state index is 0.0795. The fourth-order valence-electron chi connectivity index (χ4n) is 1.33. The summed E-state index contributed by atoms with van der Waals surface area (Å²) in [6, 6.07) is 2.40. The summed E-state index contributed by atoms with van der Waals surface area (Å²) in [7, 11) is 0. The number of nitrogen functional groups attached to an aromatic ring is 1. The third-order valence-electron chi connectivity index (χ3n) is 2.25. The van der Waals surface area contributed by atoms with E-state index in [0.717, 1.165) is 6.07 Å². The molecule has 0 spiro atoms. The van der Waals surface area contributed by atoms with Gasteiger partial charge in [-0.15, -0.1) is 0 Å². The molecule has 15 heavy (non-hydrogen) atoms. The van der Waals surface area contributed by atoms with Gasteiger partial charge in [-0.3, -0.25) is 0 Å². The standard InChI is InChI=1S/C10H14FNO2S/c1-5-2-6(11)3-7(9(5)12)10(14)8(13)4-15/h2-3,8,10,13-15H,4,12H2,1H3. The number of benzene rings is 1. The lowest BCUT2D eigenvalue weighted by atomic mass is 10.00. The fourth-order valence-corrected chi connectivity index (χ4v) is 1.53. The van der Waals surface area contributed by atoms with Gasteiger partial charge >= 0.3 is 0 Å². The van der Waals surface area contributed by atoms with Crippen LogP contribution >= 0.6 is 12.6 Å². The number of aryl methyl sites for hydroxylation is 1. The molecule has 1 aromatic rings. The lowest BCUT2D eigenvalue weighted by Crippen LogP contribution is -2.21. The maximum Gasteiger partial charge on any atom is 0.123 e. The highest BCUT2D eigenvalue weighted by molar-refractivity contribution is 7.80. The number of nitrogens with two attached hydrogens (primary N) is 1. The van der Waals surface area contributed by atoms with E-state index in [0.29, 0.717) is 11.3 Å². The Hall–Kier alpha value is -0.780. The summed E-state index contributed by atoms with van der Waals surface area (Å²) in [5.41, 5.74) is 6.72. The summed E-state index contributed by atoms with van der Waals surface area (Å²) in [6.07, 6.45) is -2.27. The molecule has 0 fully saturated rings. The first-order chi connectivity index (χ1) is 6.97. The number of thiol groups is 1. The van der Waals surface area contributed by atoms with E-state index in [1.54, 1.807) is 6.92 Å². The highest BCUT2D eigenvalue weighted by atomic mass is 32.1. The molecule has 0 aliphatic heterocycles. The number of rotatable bonds is 3. The number of anilines is 1. The van der Waals surface area contributed by atoms with Crippen LogP contribution in [0.1, 0.15) is 17.2 Å². The van der Waals surface area contributed by atoms with Crippen molar-refractivity contribution in [3.8, 4) is 0 Å². The summed E-state index contributed by atoms with van der Waals surface area (Å²) in [5.74, 6) is -0.405. The average molecular weight is 231 g/mol. The minimum atomic E-state index is -1.21. The third-order valence-corrected chi connectivity index (χ3v) is 2.63. The smallest absolute Gasteiger partial charge is 0.123 e. The number of aliphatic hydroxyl groups excluding tert-OH is 2. The summed E-state index contributed by atoms with van der Waals surface area (Å²) >= 11 is 3.85. The van der Waals surface area contributed by atoms with Crippen molar-refractivity contribution in [3.63, 3.8) is 0 Å². The van der Waals surface area contributed by atoms with Gasteiger partial charge in [0.25, 0.3) is 0 Å². The Balaban J connectivity index is 3.13. The van der Waals surface area contributed by atoms with Crippen molar-refractivity contribution in [2.45, 2.75) is 19.1 Å². The van der Waals surface area contributed by atoms with Crippen LogP contribution in [0.2, 0.25) is 0 Å². The van der Waals surface area contributed by atoms with Crippen LogP contribution in [-0.4, -0.2) is 22.1 Å². The van der Waals surface area contributed by atoms with Crippen LogP contribution in [0.5, 0.6) is 0 Å². The molecule has 0 aliphatic rings. The van der Waals surface area contributed by atoms with Crippen molar-refractivity contribution >= 4 is 18.3 Å². The normalized spacial score (nSPS) is 15.0. The second-order valence-corrected chi connectivity index (χ2v) is 3.79. The topological polar surface area (TPSA) is 66.5 Å². The SMILES string of the molecule is Cc1cc(F)cc(C(O)C(O)CS)c1N. The summed E-state index contributed by atoms with van der Waals surface area (Å²) < 4.78 is 13.1. The predicted molar refractivity (Wildman–Crippen MR) is 60.4 cm³/mol. The van der Waals surface area contributed by atoms with Gasteiger partial charge in [0, 0.05) is 17.0 Å². The van der Waals surface area contributed by atoms with Crippen molar-refractivity contribution in [3.05, 3.63) is 29.1 Å².